The number of hydrogen-bond donors (Lipinski definition) is 0. The lowest BCUT2D eigenvalue weighted by molar-refractivity contribution is -0.141. The highest BCUT2D eigenvalue weighted by molar-refractivity contribution is 6.03. The molecule has 6 nitrogen and oxygen atoms in total. The molecule has 0 saturated heterocycles. The van der Waals surface area contributed by atoms with Crippen molar-refractivity contribution in [1.29, 1.82) is 0 Å². The first-order valence-electron chi connectivity index (χ1n) is 6.83. The van der Waals surface area contributed by atoms with Gasteiger partial charge in [-0.2, -0.15) is 13.2 Å². The fourth-order valence-corrected chi connectivity index (χ4v) is 2.28. The van der Waals surface area contributed by atoms with Gasteiger partial charge in [0.05, 0.1) is 37.7 Å². The Labute approximate surface area is 139 Å². The zero-order chi connectivity index (χ0) is 18.8. The minimum atomic E-state index is -4.93. The lowest BCUT2D eigenvalue weighted by Crippen LogP contribution is -2.39. The van der Waals surface area contributed by atoms with E-state index in [9.17, 15) is 27.2 Å². The second kappa shape index (κ2) is 7.09. The lowest BCUT2D eigenvalue weighted by atomic mass is 10.1. The number of carbonyl (C=O) groups excluding carboxylic acids is 2. The molecule has 1 aliphatic heterocycles. The summed E-state index contributed by atoms with van der Waals surface area (Å²) in [5, 5.41) is 0. The van der Waals surface area contributed by atoms with E-state index in [1.165, 1.54) is 0 Å². The van der Waals surface area contributed by atoms with Crippen LogP contribution in [0.15, 0.2) is 29.5 Å². The van der Waals surface area contributed by atoms with Crippen molar-refractivity contribution in [3.63, 3.8) is 0 Å². The van der Waals surface area contributed by atoms with E-state index in [-0.39, 0.29) is 12.2 Å². The smallest absolute Gasteiger partial charge is 0.419 e. The summed E-state index contributed by atoms with van der Waals surface area (Å²) < 4.78 is 67.3. The van der Waals surface area contributed by atoms with Gasteiger partial charge in [-0.25, -0.2) is 14.0 Å². The van der Waals surface area contributed by atoms with Crippen LogP contribution in [0.1, 0.15) is 5.56 Å². The number of anilines is 1. The molecule has 1 heterocycles. The zero-order valence-corrected chi connectivity index (χ0v) is 13.1. The van der Waals surface area contributed by atoms with E-state index < -0.39 is 47.6 Å². The summed E-state index contributed by atoms with van der Waals surface area (Å²) in [5.41, 5.74) is -2.84. The number of rotatable bonds is 3. The minimum Gasteiger partial charge on any atom is -0.466 e. The van der Waals surface area contributed by atoms with Gasteiger partial charge < -0.3 is 19.1 Å². The summed E-state index contributed by atoms with van der Waals surface area (Å²) >= 11 is 0. The molecule has 25 heavy (non-hydrogen) atoms. The quantitative estimate of drug-likeness (QED) is 0.606. The number of benzene rings is 1. The zero-order valence-electron chi connectivity index (χ0n) is 13.1. The van der Waals surface area contributed by atoms with Crippen LogP contribution in [0.3, 0.4) is 0 Å². The second-order valence-corrected chi connectivity index (χ2v) is 4.85. The van der Waals surface area contributed by atoms with Crippen LogP contribution in [0.4, 0.5) is 23.2 Å². The highest BCUT2D eigenvalue weighted by atomic mass is 19.4. The van der Waals surface area contributed by atoms with Crippen LogP contribution in [-0.4, -0.2) is 39.5 Å². The number of esters is 2. The molecule has 136 valence electrons. The monoisotopic (exact) mass is 363 g/mol. The molecule has 0 saturated carbocycles. The van der Waals surface area contributed by atoms with E-state index in [4.69, 9.17) is 4.74 Å². The fourth-order valence-electron chi connectivity index (χ4n) is 2.28. The predicted molar refractivity (Wildman–Crippen MR) is 75.8 cm³/mol. The van der Waals surface area contributed by atoms with Crippen LogP contribution < -0.4 is 4.90 Å². The first-order valence-corrected chi connectivity index (χ1v) is 6.83. The molecule has 1 aromatic carbocycles. The van der Waals surface area contributed by atoms with E-state index in [2.05, 4.69) is 9.47 Å². The molecule has 10 heteroatoms. The molecule has 0 aliphatic carbocycles. The maximum Gasteiger partial charge on any atom is 0.419 e. The van der Waals surface area contributed by atoms with E-state index in [0.717, 1.165) is 31.3 Å². The van der Waals surface area contributed by atoms with Gasteiger partial charge in [0, 0.05) is 0 Å². The van der Waals surface area contributed by atoms with Crippen molar-refractivity contribution < 1.29 is 41.4 Å². The number of hydrogen-bond acceptors (Lipinski definition) is 6. The first-order chi connectivity index (χ1) is 11.7. The third-order valence-corrected chi connectivity index (χ3v) is 3.41. The van der Waals surface area contributed by atoms with Gasteiger partial charge in [-0.05, 0) is 12.1 Å². The second-order valence-electron chi connectivity index (χ2n) is 4.85. The number of alkyl halides is 3. The standard InChI is InChI=1S/C15H13F4NO5/c1-23-13(21)8-6-25-7-20(12(8)14(22)24-2)10-5-3-4-9(11(10)16)15(17,18)19/h3-5H,6-7H2,1-2H3. The molecule has 0 unspecified atom stereocenters. The van der Waals surface area contributed by atoms with Gasteiger partial charge in [0.2, 0.25) is 0 Å². The Balaban J connectivity index is 2.65. The Morgan fingerprint density at radius 3 is 2.36 bits per heavy atom. The Bertz CT molecular complexity index is 729. The average Bonchev–Trinajstić information content (AvgIpc) is 2.58. The Morgan fingerprint density at radius 1 is 1.16 bits per heavy atom. The number of nitrogens with zero attached hydrogens (tertiary/aromatic N) is 1. The third-order valence-electron chi connectivity index (χ3n) is 3.41. The number of ether oxygens (including phenoxy) is 3. The molecule has 0 amide bonds. The number of halogens is 4. The van der Waals surface area contributed by atoms with Crippen molar-refractivity contribution in [2.45, 2.75) is 6.18 Å². The molecular formula is C15H13F4NO5. The molecule has 0 spiro atoms. The van der Waals surface area contributed by atoms with E-state index in [0.29, 0.717) is 6.07 Å². The summed E-state index contributed by atoms with van der Waals surface area (Å²) in [6, 6.07) is 2.56. The van der Waals surface area contributed by atoms with Crippen LogP contribution in [0.5, 0.6) is 0 Å². The van der Waals surface area contributed by atoms with Crippen LogP contribution >= 0.6 is 0 Å². The van der Waals surface area contributed by atoms with E-state index >= 15 is 0 Å². The number of methoxy groups -OCH3 is 2. The normalized spacial score (nSPS) is 15.2. The van der Waals surface area contributed by atoms with Crippen molar-refractivity contribution in [2.75, 3.05) is 32.5 Å². The summed E-state index contributed by atoms with van der Waals surface area (Å²) in [6.45, 7) is -0.794. The number of carbonyl (C=O) groups is 2. The van der Waals surface area contributed by atoms with Gasteiger partial charge in [-0.3, -0.25) is 0 Å². The Kier molecular flexibility index (Phi) is 5.31. The van der Waals surface area contributed by atoms with Crippen LogP contribution in [0.2, 0.25) is 0 Å². The topological polar surface area (TPSA) is 65.1 Å². The molecule has 0 aromatic heterocycles. The molecular weight excluding hydrogens is 350 g/mol. The van der Waals surface area contributed by atoms with Crippen molar-refractivity contribution in [3.05, 3.63) is 40.8 Å². The van der Waals surface area contributed by atoms with Gasteiger partial charge in [0.25, 0.3) is 0 Å². The maximum absolute atomic E-state index is 14.4. The summed E-state index contributed by atoms with van der Waals surface area (Å²) in [7, 11) is 2.06. The van der Waals surface area contributed by atoms with E-state index in [1.807, 2.05) is 0 Å². The highest BCUT2D eigenvalue weighted by Crippen LogP contribution is 2.37. The molecule has 0 N–H and O–H groups in total. The van der Waals surface area contributed by atoms with Crippen LogP contribution in [-0.2, 0) is 30.0 Å². The minimum absolute atomic E-state index is 0.294. The summed E-state index contributed by atoms with van der Waals surface area (Å²) in [5.74, 6) is -3.59. The molecule has 0 fully saturated rings. The van der Waals surface area contributed by atoms with Crippen molar-refractivity contribution in [3.8, 4) is 0 Å². The summed E-state index contributed by atoms with van der Waals surface area (Å²) in [4.78, 5) is 24.7. The van der Waals surface area contributed by atoms with Gasteiger partial charge in [-0.15, -0.1) is 0 Å². The maximum atomic E-state index is 14.4. The van der Waals surface area contributed by atoms with E-state index in [1.54, 1.807) is 0 Å². The van der Waals surface area contributed by atoms with Gasteiger partial charge >= 0.3 is 18.1 Å². The SMILES string of the molecule is COC(=O)C1=C(C(=O)OC)N(c2cccc(C(F)(F)F)c2F)COC1. The van der Waals surface area contributed by atoms with Crippen LogP contribution in [0, 0.1) is 5.82 Å². The Hall–Kier alpha value is -2.62. The average molecular weight is 363 g/mol. The lowest BCUT2D eigenvalue weighted by Gasteiger charge is -2.31. The van der Waals surface area contributed by atoms with Gasteiger partial charge in [0.1, 0.15) is 12.4 Å². The molecule has 0 atom stereocenters. The largest absolute Gasteiger partial charge is 0.466 e. The highest BCUT2D eigenvalue weighted by Gasteiger charge is 2.38. The van der Waals surface area contributed by atoms with Crippen LogP contribution in [0.25, 0.3) is 0 Å². The van der Waals surface area contributed by atoms with Gasteiger partial charge in [0.15, 0.2) is 5.82 Å². The molecule has 0 bridgehead atoms. The predicted octanol–water partition coefficient (Wildman–Crippen LogP) is 2.24. The molecule has 2 rings (SSSR count). The Morgan fingerprint density at radius 2 is 1.80 bits per heavy atom. The fraction of sp³-hybridized carbons (Fsp3) is 0.333. The van der Waals surface area contributed by atoms with Gasteiger partial charge in [-0.1, -0.05) is 6.07 Å². The molecule has 1 aliphatic rings. The van der Waals surface area contributed by atoms with Crippen molar-refractivity contribution >= 4 is 17.6 Å². The van der Waals surface area contributed by atoms with Crippen molar-refractivity contribution in [2.24, 2.45) is 0 Å². The molecule has 0 radical (unpaired) electrons. The third kappa shape index (κ3) is 3.58. The summed E-state index contributed by atoms with van der Waals surface area (Å²) in [6.07, 6.45) is -4.93. The molecule has 1 aromatic rings. The first kappa shape index (κ1) is 18.7. The van der Waals surface area contributed by atoms with Crippen molar-refractivity contribution in [1.82, 2.24) is 0 Å².